The predicted molar refractivity (Wildman–Crippen MR) is 61.7 cm³/mol. The van der Waals surface area contributed by atoms with Crippen molar-refractivity contribution in [3.63, 3.8) is 0 Å². The minimum Gasteiger partial charge on any atom is -0.370 e. The third-order valence-corrected chi connectivity index (χ3v) is 3.49. The number of carbonyl (C=O) groups is 1. The van der Waals surface area contributed by atoms with E-state index in [0.29, 0.717) is 12.8 Å². The number of carbonyl (C=O) groups excluding carboxylic acids is 1. The number of rotatable bonds is 3. The maximum absolute atomic E-state index is 13.6. The second-order valence-electron chi connectivity index (χ2n) is 4.22. The number of hydrogen-bond donors (Lipinski definition) is 0. The Balaban J connectivity index is 2.39. The molecule has 1 heterocycles. The predicted octanol–water partition coefficient (Wildman–Crippen LogP) is 3.02. The number of methoxy groups -OCH3 is 1. The van der Waals surface area contributed by atoms with Gasteiger partial charge in [-0.1, -0.05) is 11.6 Å². The summed E-state index contributed by atoms with van der Waals surface area (Å²) in [5, 5.41) is 0.110. The van der Waals surface area contributed by atoms with Crippen molar-refractivity contribution in [2.24, 2.45) is 0 Å². The van der Waals surface area contributed by atoms with Gasteiger partial charge in [0, 0.05) is 7.11 Å². The molecule has 1 aromatic heterocycles. The maximum atomic E-state index is 13.6. The van der Waals surface area contributed by atoms with Crippen LogP contribution in [-0.4, -0.2) is 23.5 Å². The van der Waals surface area contributed by atoms with Crippen LogP contribution in [0.3, 0.4) is 0 Å². The molecule has 1 saturated carbocycles. The van der Waals surface area contributed by atoms with Gasteiger partial charge in [-0.3, -0.25) is 4.79 Å². The van der Waals surface area contributed by atoms with Crippen LogP contribution in [0.25, 0.3) is 0 Å². The first-order chi connectivity index (χ1) is 8.09. The van der Waals surface area contributed by atoms with Gasteiger partial charge in [0.15, 0.2) is 11.6 Å². The molecule has 1 fully saturated rings. The second kappa shape index (κ2) is 4.70. The molecule has 92 valence electrons. The van der Waals surface area contributed by atoms with E-state index in [-0.39, 0.29) is 16.5 Å². The number of aromatic nitrogens is 1. The van der Waals surface area contributed by atoms with Gasteiger partial charge in [-0.15, -0.1) is 0 Å². The highest BCUT2D eigenvalue weighted by molar-refractivity contribution is 6.29. The summed E-state index contributed by atoms with van der Waals surface area (Å²) in [6.45, 7) is 0. The fourth-order valence-electron chi connectivity index (χ4n) is 2.30. The van der Waals surface area contributed by atoms with E-state index in [9.17, 15) is 9.18 Å². The van der Waals surface area contributed by atoms with Gasteiger partial charge in [0.05, 0.1) is 11.8 Å². The maximum Gasteiger partial charge on any atom is 0.197 e. The Morgan fingerprint density at radius 3 is 2.76 bits per heavy atom. The van der Waals surface area contributed by atoms with Crippen molar-refractivity contribution in [3.05, 3.63) is 28.8 Å². The van der Waals surface area contributed by atoms with Crippen LogP contribution in [0.1, 0.15) is 36.0 Å². The van der Waals surface area contributed by atoms with Gasteiger partial charge in [-0.25, -0.2) is 9.37 Å². The minimum absolute atomic E-state index is 0.0336. The first-order valence-corrected chi connectivity index (χ1v) is 5.88. The standard InChI is InChI=1S/C12H13ClFNO2/c1-17-12(4-2-3-5-12)11(16)8-6-10(13)15-7-9(8)14/h6-7H,2-5H2,1H3. The second-order valence-corrected chi connectivity index (χ2v) is 4.61. The molecule has 0 bridgehead atoms. The van der Waals surface area contributed by atoms with Gasteiger partial charge >= 0.3 is 0 Å². The minimum atomic E-state index is -0.883. The topological polar surface area (TPSA) is 39.2 Å². The van der Waals surface area contributed by atoms with Crippen molar-refractivity contribution in [3.8, 4) is 0 Å². The lowest BCUT2D eigenvalue weighted by Gasteiger charge is -2.25. The van der Waals surface area contributed by atoms with E-state index < -0.39 is 11.4 Å². The molecule has 1 aliphatic rings. The summed E-state index contributed by atoms with van der Waals surface area (Å²) < 4.78 is 18.9. The third-order valence-electron chi connectivity index (χ3n) is 3.28. The van der Waals surface area contributed by atoms with Crippen molar-refractivity contribution >= 4 is 17.4 Å². The largest absolute Gasteiger partial charge is 0.370 e. The van der Waals surface area contributed by atoms with Crippen molar-refractivity contribution in [1.82, 2.24) is 4.98 Å². The molecule has 0 aromatic carbocycles. The quantitative estimate of drug-likeness (QED) is 0.617. The van der Waals surface area contributed by atoms with Crippen molar-refractivity contribution in [1.29, 1.82) is 0 Å². The molecule has 1 aliphatic carbocycles. The van der Waals surface area contributed by atoms with E-state index in [4.69, 9.17) is 16.3 Å². The van der Waals surface area contributed by atoms with Crippen LogP contribution in [-0.2, 0) is 4.74 Å². The Morgan fingerprint density at radius 2 is 2.18 bits per heavy atom. The van der Waals surface area contributed by atoms with Crippen LogP contribution in [0, 0.1) is 5.82 Å². The molecule has 3 nitrogen and oxygen atoms in total. The first-order valence-electron chi connectivity index (χ1n) is 5.50. The highest BCUT2D eigenvalue weighted by Crippen LogP contribution is 2.36. The summed E-state index contributed by atoms with van der Waals surface area (Å²) in [4.78, 5) is 15.9. The van der Waals surface area contributed by atoms with Crippen LogP contribution >= 0.6 is 11.6 Å². The number of Topliss-reactive ketones (excluding diaryl/α,β-unsaturated/α-hetero) is 1. The summed E-state index contributed by atoms with van der Waals surface area (Å²) in [7, 11) is 1.49. The van der Waals surface area contributed by atoms with Gasteiger partial charge in [0.25, 0.3) is 0 Å². The van der Waals surface area contributed by atoms with Crippen LogP contribution < -0.4 is 0 Å². The lowest BCUT2D eigenvalue weighted by atomic mass is 9.91. The molecule has 1 aromatic rings. The summed E-state index contributed by atoms with van der Waals surface area (Å²) in [6.07, 6.45) is 4.05. The molecule has 0 atom stereocenters. The zero-order valence-electron chi connectivity index (χ0n) is 9.50. The normalized spacial score (nSPS) is 18.3. The Morgan fingerprint density at radius 1 is 1.53 bits per heavy atom. The molecule has 0 amide bonds. The van der Waals surface area contributed by atoms with E-state index in [1.807, 2.05) is 0 Å². The molecule has 2 rings (SSSR count). The van der Waals surface area contributed by atoms with Gasteiger partial charge in [0.1, 0.15) is 10.8 Å². The van der Waals surface area contributed by atoms with Crippen molar-refractivity contribution < 1.29 is 13.9 Å². The number of nitrogens with zero attached hydrogens (tertiary/aromatic N) is 1. The Bertz CT molecular complexity index is 444. The van der Waals surface area contributed by atoms with Crippen molar-refractivity contribution in [2.75, 3.05) is 7.11 Å². The monoisotopic (exact) mass is 257 g/mol. The molecule has 17 heavy (non-hydrogen) atoms. The zero-order chi connectivity index (χ0) is 12.5. The number of halogens is 2. The average Bonchev–Trinajstić information content (AvgIpc) is 2.81. The molecule has 5 heteroatoms. The van der Waals surface area contributed by atoms with Crippen LogP contribution in [0.15, 0.2) is 12.3 Å². The highest BCUT2D eigenvalue weighted by atomic mass is 35.5. The molecule has 0 aliphatic heterocycles. The lowest BCUT2D eigenvalue weighted by molar-refractivity contribution is 0.00568. The highest BCUT2D eigenvalue weighted by Gasteiger charge is 2.42. The van der Waals surface area contributed by atoms with E-state index in [0.717, 1.165) is 19.0 Å². The molecule has 0 unspecified atom stereocenters. The Hall–Kier alpha value is -1.00. The fraction of sp³-hybridized carbons (Fsp3) is 0.500. The summed E-state index contributed by atoms with van der Waals surface area (Å²) in [5.74, 6) is -0.984. The number of ether oxygens (including phenoxy) is 1. The summed E-state index contributed by atoms with van der Waals surface area (Å²) in [6, 6.07) is 1.26. The number of pyridine rings is 1. The number of ketones is 1. The van der Waals surface area contributed by atoms with E-state index in [1.165, 1.54) is 13.2 Å². The van der Waals surface area contributed by atoms with Crippen LogP contribution in [0.4, 0.5) is 4.39 Å². The van der Waals surface area contributed by atoms with E-state index in [2.05, 4.69) is 4.98 Å². The molecule has 0 saturated heterocycles. The zero-order valence-corrected chi connectivity index (χ0v) is 10.3. The lowest BCUT2D eigenvalue weighted by Crippen LogP contribution is -2.38. The van der Waals surface area contributed by atoms with Gasteiger partial charge in [-0.05, 0) is 31.7 Å². The Kier molecular flexibility index (Phi) is 3.45. The average molecular weight is 258 g/mol. The summed E-state index contributed by atoms with van der Waals surface area (Å²) >= 11 is 5.69. The molecule has 0 N–H and O–H groups in total. The summed E-state index contributed by atoms with van der Waals surface area (Å²) in [5.41, 5.74) is -0.917. The van der Waals surface area contributed by atoms with Gasteiger partial charge < -0.3 is 4.74 Å². The molecule has 0 spiro atoms. The Labute approximate surface area is 104 Å². The van der Waals surface area contributed by atoms with E-state index >= 15 is 0 Å². The number of hydrogen-bond acceptors (Lipinski definition) is 3. The first kappa shape index (κ1) is 12.5. The van der Waals surface area contributed by atoms with Gasteiger partial charge in [-0.2, -0.15) is 0 Å². The van der Waals surface area contributed by atoms with E-state index in [1.54, 1.807) is 0 Å². The van der Waals surface area contributed by atoms with Crippen LogP contribution in [0.2, 0.25) is 5.15 Å². The van der Waals surface area contributed by atoms with Crippen LogP contribution in [0.5, 0.6) is 0 Å². The molecule has 0 radical (unpaired) electrons. The SMILES string of the molecule is COC1(C(=O)c2cc(Cl)ncc2F)CCCC1. The third kappa shape index (κ3) is 2.19. The smallest absolute Gasteiger partial charge is 0.197 e. The fourth-order valence-corrected chi connectivity index (χ4v) is 2.46. The molecular weight excluding hydrogens is 245 g/mol. The molecular formula is C12H13ClFNO2. The van der Waals surface area contributed by atoms with Gasteiger partial charge in [0.2, 0.25) is 0 Å². The van der Waals surface area contributed by atoms with Crippen molar-refractivity contribution in [2.45, 2.75) is 31.3 Å².